The van der Waals surface area contributed by atoms with Gasteiger partial charge in [-0.1, -0.05) is 23.2 Å². The Hall–Kier alpha value is -2.96. The van der Waals surface area contributed by atoms with Gasteiger partial charge in [0.1, 0.15) is 10.3 Å². The van der Waals surface area contributed by atoms with Crippen molar-refractivity contribution < 1.29 is 14.4 Å². The lowest BCUT2D eigenvalue weighted by Gasteiger charge is -1.98. The van der Waals surface area contributed by atoms with E-state index in [2.05, 4.69) is 15.0 Å². The molecule has 168 valence electrons. The lowest BCUT2D eigenvalue weighted by molar-refractivity contribution is 0.100. The number of hydrogen-bond acceptors (Lipinski definition) is 6. The molecule has 0 atom stereocenters. The zero-order valence-corrected chi connectivity index (χ0v) is 20.4. The largest absolute Gasteiger partial charge is 0.295 e. The molecule has 0 saturated carbocycles. The average molecular weight is 474 g/mol. The van der Waals surface area contributed by atoms with E-state index in [1.807, 2.05) is 13.8 Å². The lowest BCUT2D eigenvalue weighted by Crippen LogP contribution is -1.96. The maximum absolute atomic E-state index is 10.9. The van der Waals surface area contributed by atoms with E-state index in [0.29, 0.717) is 21.4 Å². The maximum Gasteiger partial charge on any atom is 0.159 e. The van der Waals surface area contributed by atoms with Gasteiger partial charge in [0.25, 0.3) is 0 Å². The number of Topliss-reactive ketones (excluding diaryl/α,β-unsaturated/α-hetero) is 3. The number of rotatable bonds is 3. The van der Waals surface area contributed by atoms with E-state index in [4.69, 9.17) is 23.2 Å². The summed E-state index contributed by atoms with van der Waals surface area (Å²) in [6, 6.07) is 10.1. The number of halogens is 2. The first-order valence-electron chi connectivity index (χ1n) is 9.63. The first kappa shape index (κ1) is 27.1. The van der Waals surface area contributed by atoms with Crippen LogP contribution in [-0.4, -0.2) is 32.3 Å². The Labute approximate surface area is 198 Å². The molecule has 0 N–H and O–H groups in total. The number of nitrogens with zero attached hydrogens (tertiary/aromatic N) is 3. The molecule has 0 aliphatic carbocycles. The van der Waals surface area contributed by atoms with Crippen molar-refractivity contribution in [3.8, 4) is 0 Å². The molecule has 6 nitrogen and oxygen atoms in total. The van der Waals surface area contributed by atoms with E-state index < -0.39 is 0 Å². The van der Waals surface area contributed by atoms with Crippen LogP contribution in [-0.2, 0) is 0 Å². The van der Waals surface area contributed by atoms with E-state index in [0.717, 1.165) is 22.6 Å². The zero-order valence-electron chi connectivity index (χ0n) is 18.9. The summed E-state index contributed by atoms with van der Waals surface area (Å²) in [5.74, 6) is 0.111. The standard InChI is InChI=1S/C9H11NO.C8H8ClNO.C7H6ClNO/c1-6-4-9(8(3)11)5-7(2)10-6;1-5-3-7(6(2)11)4-8(9)10-5;1-5(10)6-2-3-9-7(8)4-6/h4-5H,1-3H3;3-4H,1-2H3;2-4H,1H3. The Morgan fingerprint density at radius 2 is 1.03 bits per heavy atom. The highest BCUT2D eigenvalue weighted by Gasteiger charge is 2.02. The lowest BCUT2D eigenvalue weighted by atomic mass is 10.1. The van der Waals surface area contributed by atoms with Crippen molar-refractivity contribution in [3.05, 3.63) is 86.7 Å². The summed E-state index contributed by atoms with van der Waals surface area (Å²) < 4.78 is 0. The van der Waals surface area contributed by atoms with Gasteiger partial charge in [-0.05, 0) is 77.9 Å². The van der Waals surface area contributed by atoms with Gasteiger partial charge in [-0.25, -0.2) is 9.97 Å². The van der Waals surface area contributed by atoms with E-state index >= 15 is 0 Å². The van der Waals surface area contributed by atoms with Crippen LogP contribution in [0.5, 0.6) is 0 Å². The van der Waals surface area contributed by atoms with Gasteiger partial charge in [-0.2, -0.15) is 0 Å². The number of aromatic nitrogens is 3. The third-order valence-corrected chi connectivity index (χ3v) is 4.35. The monoisotopic (exact) mass is 473 g/mol. The summed E-state index contributed by atoms with van der Waals surface area (Å²) in [4.78, 5) is 44.3. The first-order valence-corrected chi connectivity index (χ1v) is 10.4. The Morgan fingerprint density at radius 3 is 1.41 bits per heavy atom. The molecular weight excluding hydrogens is 449 g/mol. The smallest absolute Gasteiger partial charge is 0.159 e. The SMILES string of the molecule is CC(=O)c1cc(C)nc(C)c1.CC(=O)c1cc(C)nc(Cl)c1.CC(=O)c1ccnc(Cl)c1. The molecule has 32 heavy (non-hydrogen) atoms. The number of ketones is 3. The number of carbonyl (C=O) groups excluding carboxylic acids is 3. The third-order valence-electron chi connectivity index (χ3n) is 3.95. The summed E-state index contributed by atoms with van der Waals surface area (Å²) in [7, 11) is 0. The first-order chi connectivity index (χ1) is 14.9. The second-order valence-electron chi connectivity index (χ2n) is 6.99. The minimum absolute atomic E-state index is 0.00398. The van der Waals surface area contributed by atoms with Crippen LogP contribution in [0.4, 0.5) is 0 Å². The van der Waals surface area contributed by atoms with Crippen molar-refractivity contribution in [2.75, 3.05) is 0 Å². The Bertz CT molecular complexity index is 1030. The Balaban J connectivity index is 0.000000240. The van der Waals surface area contributed by atoms with Gasteiger partial charge >= 0.3 is 0 Å². The summed E-state index contributed by atoms with van der Waals surface area (Å²) in [5.41, 5.74) is 4.52. The Kier molecular flexibility index (Phi) is 10.8. The molecule has 0 aromatic carbocycles. The van der Waals surface area contributed by atoms with Crippen molar-refractivity contribution in [2.24, 2.45) is 0 Å². The van der Waals surface area contributed by atoms with Gasteiger partial charge in [0.15, 0.2) is 17.3 Å². The second-order valence-corrected chi connectivity index (χ2v) is 7.77. The molecule has 8 heteroatoms. The molecule has 3 rings (SSSR count). The van der Waals surface area contributed by atoms with E-state index in [-0.39, 0.29) is 17.3 Å². The topological polar surface area (TPSA) is 89.9 Å². The molecule has 0 fully saturated rings. The third kappa shape index (κ3) is 9.90. The molecule has 3 aromatic heterocycles. The predicted octanol–water partition coefficient (Wildman–Crippen LogP) is 6.08. The van der Waals surface area contributed by atoms with Gasteiger partial charge in [0, 0.05) is 40.0 Å². The van der Waals surface area contributed by atoms with Crippen molar-refractivity contribution in [3.63, 3.8) is 0 Å². The highest BCUT2D eigenvalue weighted by atomic mass is 35.5. The van der Waals surface area contributed by atoms with Gasteiger partial charge in [-0.15, -0.1) is 0 Å². The quantitative estimate of drug-likeness (QED) is 0.337. The van der Waals surface area contributed by atoms with Crippen LogP contribution < -0.4 is 0 Å². The molecule has 0 amide bonds. The van der Waals surface area contributed by atoms with Crippen molar-refractivity contribution in [2.45, 2.75) is 41.5 Å². The molecule has 0 spiro atoms. The summed E-state index contributed by atoms with van der Waals surface area (Å²) in [6.07, 6.45) is 1.51. The van der Waals surface area contributed by atoms with E-state index in [1.54, 1.807) is 50.2 Å². The van der Waals surface area contributed by atoms with Gasteiger partial charge < -0.3 is 0 Å². The van der Waals surface area contributed by atoms with Crippen LogP contribution in [0.1, 0.15) is 68.9 Å². The molecule has 0 radical (unpaired) electrons. The highest BCUT2D eigenvalue weighted by molar-refractivity contribution is 6.30. The predicted molar refractivity (Wildman–Crippen MR) is 127 cm³/mol. The fourth-order valence-electron chi connectivity index (χ4n) is 2.49. The fraction of sp³-hybridized carbons (Fsp3) is 0.250. The molecule has 0 saturated heterocycles. The summed E-state index contributed by atoms with van der Waals surface area (Å²) in [5, 5.41) is 0.725. The molecular formula is C24H25Cl2N3O3. The van der Waals surface area contributed by atoms with Crippen molar-refractivity contribution in [1.29, 1.82) is 0 Å². The molecule has 0 aliphatic heterocycles. The number of pyridine rings is 3. The number of carbonyl (C=O) groups is 3. The van der Waals surface area contributed by atoms with Crippen LogP contribution in [0.3, 0.4) is 0 Å². The van der Waals surface area contributed by atoms with Crippen LogP contribution in [0.2, 0.25) is 10.3 Å². The normalized spacial score (nSPS) is 9.62. The zero-order chi connectivity index (χ0) is 24.4. The minimum Gasteiger partial charge on any atom is -0.295 e. The van der Waals surface area contributed by atoms with Crippen molar-refractivity contribution >= 4 is 40.6 Å². The van der Waals surface area contributed by atoms with Crippen LogP contribution in [0, 0.1) is 20.8 Å². The number of hydrogen-bond donors (Lipinski definition) is 0. The second kappa shape index (κ2) is 12.8. The molecule has 0 unspecified atom stereocenters. The number of aryl methyl sites for hydroxylation is 3. The average Bonchev–Trinajstić information content (AvgIpc) is 2.67. The molecule has 3 heterocycles. The van der Waals surface area contributed by atoms with Gasteiger partial charge in [0.05, 0.1) is 0 Å². The van der Waals surface area contributed by atoms with E-state index in [9.17, 15) is 14.4 Å². The molecule has 0 aliphatic rings. The van der Waals surface area contributed by atoms with Crippen LogP contribution in [0.15, 0.2) is 42.6 Å². The summed E-state index contributed by atoms with van der Waals surface area (Å²) in [6.45, 7) is 10.1. The van der Waals surface area contributed by atoms with Crippen molar-refractivity contribution in [1.82, 2.24) is 15.0 Å². The molecule has 0 bridgehead atoms. The fourth-order valence-corrected chi connectivity index (χ4v) is 2.92. The molecule has 3 aromatic rings. The van der Waals surface area contributed by atoms with Crippen LogP contribution in [0.25, 0.3) is 0 Å². The maximum atomic E-state index is 10.9. The van der Waals surface area contributed by atoms with Gasteiger partial charge in [0.2, 0.25) is 0 Å². The minimum atomic E-state index is 0.00398. The highest BCUT2D eigenvalue weighted by Crippen LogP contribution is 2.10. The van der Waals surface area contributed by atoms with E-state index in [1.165, 1.54) is 20.0 Å². The summed E-state index contributed by atoms with van der Waals surface area (Å²) >= 11 is 11.2. The van der Waals surface area contributed by atoms with Gasteiger partial charge in [-0.3, -0.25) is 19.4 Å². The Morgan fingerprint density at radius 1 is 0.625 bits per heavy atom. The van der Waals surface area contributed by atoms with Crippen LogP contribution >= 0.6 is 23.2 Å².